The topological polar surface area (TPSA) is 79.0 Å². The third kappa shape index (κ3) is 5.11. The lowest BCUT2D eigenvalue weighted by molar-refractivity contribution is -0.128. The number of rotatable bonds is 5. The number of carbonyl (C=O) groups is 3. The van der Waals surface area contributed by atoms with Gasteiger partial charge in [0.25, 0.3) is 11.8 Å². The number of benzene rings is 3. The van der Waals surface area contributed by atoms with Crippen LogP contribution in [0.2, 0.25) is 0 Å². The maximum Gasteiger partial charge on any atom is 0.256 e. The van der Waals surface area contributed by atoms with Gasteiger partial charge in [-0.2, -0.15) is 0 Å². The van der Waals surface area contributed by atoms with Gasteiger partial charge in [0, 0.05) is 43.6 Å². The summed E-state index contributed by atoms with van der Waals surface area (Å²) in [5.41, 5.74) is 0.831. The summed E-state index contributed by atoms with van der Waals surface area (Å²) in [7, 11) is 0. The van der Waals surface area contributed by atoms with Crippen LogP contribution in [-0.4, -0.2) is 59.0 Å². The molecule has 190 valence electrons. The van der Waals surface area contributed by atoms with Crippen molar-refractivity contribution in [2.24, 2.45) is 0 Å². The molecular formula is C29H28FN3O4. The van der Waals surface area contributed by atoms with E-state index in [1.165, 1.54) is 24.3 Å². The zero-order valence-corrected chi connectivity index (χ0v) is 20.3. The molecule has 37 heavy (non-hydrogen) atoms. The first-order valence-electron chi connectivity index (χ1n) is 12.4. The van der Waals surface area contributed by atoms with Crippen molar-refractivity contribution in [2.75, 3.05) is 19.7 Å². The Bertz CT molecular complexity index is 1260. The molecule has 2 saturated heterocycles. The van der Waals surface area contributed by atoms with E-state index in [1.807, 2.05) is 36.4 Å². The molecular weight excluding hydrogens is 473 g/mol. The molecule has 2 aliphatic rings. The highest BCUT2D eigenvalue weighted by molar-refractivity contribution is 5.98. The van der Waals surface area contributed by atoms with E-state index in [2.05, 4.69) is 5.32 Å². The van der Waals surface area contributed by atoms with Crippen LogP contribution in [0.5, 0.6) is 0 Å². The van der Waals surface area contributed by atoms with Crippen molar-refractivity contribution in [1.82, 2.24) is 15.1 Å². The highest BCUT2D eigenvalue weighted by Gasteiger charge is 2.54. The molecule has 0 aromatic heterocycles. The molecule has 2 heterocycles. The minimum absolute atomic E-state index is 0.0745. The Balaban J connectivity index is 1.34. The third-order valence-electron chi connectivity index (χ3n) is 7.04. The lowest BCUT2D eigenvalue weighted by atomic mass is 9.96. The standard InChI is InChI=1S/C29H28FN3O4/c30-24-13-11-23(12-14-24)27(35)32-17-15-29(16-18-32)33(28(36)22-9-5-2-6-10-22)25(20-37-29)26(34)31-19-21-7-3-1-4-8-21/h1-14,25H,15-20H2,(H,31,34). The van der Waals surface area contributed by atoms with E-state index >= 15 is 0 Å². The first-order chi connectivity index (χ1) is 18.0. The van der Waals surface area contributed by atoms with Crippen LogP contribution in [0.1, 0.15) is 39.1 Å². The Morgan fingerprint density at radius 1 is 0.838 bits per heavy atom. The quantitative estimate of drug-likeness (QED) is 0.579. The van der Waals surface area contributed by atoms with Crippen LogP contribution in [0.25, 0.3) is 0 Å². The van der Waals surface area contributed by atoms with Crippen LogP contribution >= 0.6 is 0 Å². The van der Waals surface area contributed by atoms with E-state index in [0.717, 1.165) is 5.56 Å². The maximum atomic E-state index is 13.7. The average molecular weight is 502 g/mol. The van der Waals surface area contributed by atoms with Crippen LogP contribution in [0.15, 0.2) is 84.9 Å². The summed E-state index contributed by atoms with van der Waals surface area (Å²) >= 11 is 0. The molecule has 1 unspecified atom stereocenters. The van der Waals surface area contributed by atoms with Gasteiger partial charge in [-0.3, -0.25) is 19.3 Å². The van der Waals surface area contributed by atoms with Crippen molar-refractivity contribution >= 4 is 17.7 Å². The highest BCUT2D eigenvalue weighted by Crippen LogP contribution is 2.38. The summed E-state index contributed by atoms with van der Waals surface area (Å²) < 4.78 is 19.5. The van der Waals surface area contributed by atoms with Crippen LogP contribution < -0.4 is 5.32 Å². The number of nitrogens with one attached hydrogen (secondary N) is 1. The van der Waals surface area contributed by atoms with Gasteiger partial charge in [-0.05, 0) is 42.0 Å². The summed E-state index contributed by atoms with van der Waals surface area (Å²) in [6.07, 6.45) is 0.724. The van der Waals surface area contributed by atoms with Gasteiger partial charge in [-0.15, -0.1) is 0 Å². The first-order valence-corrected chi connectivity index (χ1v) is 12.4. The molecule has 5 rings (SSSR count). The van der Waals surface area contributed by atoms with Crippen molar-refractivity contribution in [3.63, 3.8) is 0 Å². The Morgan fingerprint density at radius 3 is 2.08 bits per heavy atom. The summed E-state index contributed by atoms with van der Waals surface area (Å²) in [4.78, 5) is 43.2. The molecule has 0 aliphatic carbocycles. The molecule has 7 nitrogen and oxygen atoms in total. The predicted octanol–water partition coefficient (Wildman–Crippen LogP) is 3.62. The Labute approximate surface area is 214 Å². The van der Waals surface area contributed by atoms with Crippen molar-refractivity contribution in [2.45, 2.75) is 31.2 Å². The van der Waals surface area contributed by atoms with Crippen LogP contribution in [0, 0.1) is 5.82 Å². The monoisotopic (exact) mass is 501 g/mol. The molecule has 1 atom stereocenters. The zero-order chi connectivity index (χ0) is 25.8. The zero-order valence-electron chi connectivity index (χ0n) is 20.3. The van der Waals surface area contributed by atoms with Gasteiger partial charge >= 0.3 is 0 Å². The molecule has 8 heteroatoms. The van der Waals surface area contributed by atoms with Crippen molar-refractivity contribution in [1.29, 1.82) is 0 Å². The molecule has 3 aromatic carbocycles. The number of hydrogen-bond donors (Lipinski definition) is 1. The highest BCUT2D eigenvalue weighted by atomic mass is 19.1. The Kier molecular flexibility index (Phi) is 7.01. The molecule has 0 bridgehead atoms. The molecule has 0 saturated carbocycles. The second-order valence-electron chi connectivity index (χ2n) is 9.32. The minimum Gasteiger partial charge on any atom is -0.353 e. The molecule has 1 N–H and O–H groups in total. The van der Waals surface area contributed by atoms with Gasteiger partial charge in [0.15, 0.2) is 0 Å². The normalized spacial score (nSPS) is 18.6. The lowest BCUT2D eigenvalue weighted by Crippen LogP contribution is -2.59. The van der Waals surface area contributed by atoms with Gasteiger partial charge in [0.1, 0.15) is 17.6 Å². The summed E-state index contributed by atoms with van der Waals surface area (Å²) in [5.74, 6) is -1.17. The largest absolute Gasteiger partial charge is 0.353 e. The number of nitrogens with zero attached hydrogens (tertiary/aromatic N) is 2. The molecule has 1 spiro atoms. The van der Waals surface area contributed by atoms with Gasteiger partial charge in [-0.1, -0.05) is 48.5 Å². The molecule has 2 aliphatic heterocycles. The Hall–Kier alpha value is -4.04. The van der Waals surface area contributed by atoms with Crippen LogP contribution in [0.4, 0.5) is 4.39 Å². The van der Waals surface area contributed by atoms with Crippen molar-refractivity contribution in [3.8, 4) is 0 Å². The van der Waals surface area contributed by atoms with Gasteiger partial charge in [0.05, 0.1) is 6.61 Å². The number of hydrogen-bond acceptors (Lipinski definition) is 4. The molecule has 3 amide bonds. The summed E-state index contributed by atoms with van der Waals surface area (Å²) in [6.45, 7) is 1.10. The van der Waals surface area contributed by atoms with E-state index in [-0.39, 0.29) is 24.3 Å². The van der Waals surface area contributed by atoms with Crippen molar-refractivity contribution < 1.29 is 23.5 Å². The molecule has 2 fully saturated rings. The fraction of sp³-hybridized carbons (Fsp3) is 0.276. The molecule has 0 radical (unpaired) electrons. The third-order valence-corrected chi connectivity index (χ3v) is 7.04. The summed E-state index contributed by atoms with van der Waals surface area (Å²) in [6, 6.07) is 23.1. The number of likely N-dealkylation sites (tertiary alicyclic amines) is 1. The SMILES string of the molecule is O=C(NCc1ccccc1)C1COC2(CCN(C(=O)c3ccc(F)cc3)CC2)N1C(=O)c1ccccc1. The number of halogens is 1. The average Bonchev–Trinajstić information content (AvgIpc) is 3.31. The van der Waals surface area contributed by atoms with Crippen LogP contribution in [0.3, 0.4) is 0 Å². The number of amides is 3. The first kappa shape index (κ1) is 24.6. The fourth-order valence-corrected chi connectivity index (χ4v) is 5.02. The van der Waals surface area contributed by atoms with E-state index in [9.17, 15) is 18.8 Å². The van der Waals surface area contributed by atoms with E-state index in [4.69, 9.17) is 4.74 Å². The lowest BCUT2D eigenvalue weighted by Gasteiger charge is -2.44. The molecule has 3 aromatic rings. The second-order valence-corrected chi connectivity index (χ2v) is 9.32. The summed E-state index contributed by atoms with van der Waals surface area (Å²) in [5, 5.41) is 2.94. The van der Waals surface area contributed by atoms with E-state index in [0.29, 0.717) is 43.6 Å². The van der Waals surface area contributed by atoms with Gasteiger partial charge < -0.3 is 15.0 Å². The van der Waals surface area contributed by atoms with Gasteiger partial charge in [-0.25, -0.2) is 4.39 Å². The van der Waals surface area contributed by atoms with Gasteiger partial charge in [0.2, 0.25) is 5.91 Å². The van der Waals surface area contributed by atoms with E-state index in [1.54, 1.807) is 34.1 Å². The smallest absolute Gasteiger partial charge is 0.256 e. The number of carbonyl (C=O) groups excluding carboxylic acids is 3. The maximum absolute atomic E-state index is 13.7. The van der Waals surface area contributed by atoms with E-state index < -0.39 is 17.6 Å². The Morgan fingerprint density at radius 2 is 1.43 bits per heavy atom. The number of piperidine rings is 1. The second kappa shape index (κ2) is 10.5. The predicted molar refractivity (Wildman–Crippen MR) is 135 cm³/mol. The number of ether oxygens (including phenoxy) is 1. The van der Waals surface area contributed by atoms with Crippen LogP contribution in [-0.2, 0) is 16.1 Å². The van der Waals surface area contributed by atoms with Crippen molar-refractivity contribution in [3.05, 3.63) is 107 Å². The fourth-order valence-electron chi connectivity index (χ4n) is 5.02. The minimum atomic E-state index is -0.999.